The van der Waals surface area contributed by atoms with Gasteiger partial charge in [-0.2, -0.15) is 0 Å². The zero-order valence-electron chi connectivity index (χ0n) is 17.0. The highest BCUT2D eigenvalue weighted by atomic mass is 14.7. The minimum Gasteiger partial charge on any atom is -0.256 e. The largest absolute Gasteiger partial charge is 0.256 e. The van der Waals surface area contributed by atoms with E-state index in [4.69, 9.17) is 0 Å². The SMILES string of the molecule is Cc1cc(-c2ccccn2)c2ccc3c(-c4ccccn4)cc(C)c4ccc1c2c43. The maximum absolute atomic E-state index is 4.65. The molecule has 0 atom stereocenters. The highest BCUT2D eigenvalue weighted by Crippen LogP contribution is 2.43. The van der Waals surface area contributed by atoms with Crippen molar-refractivity contribution in [1.82, 2.24) is 9.97 Å². The Morgan fingerprint density at radius 3 is 1.33 bits per heavy atom. The second kappa shape index (κ2) is 6.36. The van der Waals surface area contributed by atoms with Gasteiger partial charge in [0.05, 0.1) is 11.4 Å². The Kier molecular flexibility index (Phi) is 3.63. The van der Waals surface area contributed by atoms with E-state index in [0.717, 1.165) is 11.4 Å². The molecule has 0 spiro atoms. The molecule has 0 aliphatic heterocycles. The van der Waals surface area contributed by atoms with Gasteiger partial charge in [0.25, 0.3) is 0 Å². The normalized spacial score (nSPS) is 11.7. The van der Waals surface area contributed by atoms with Crippen LogP contribution in [-0.2, 0) is 0 Å². The number of aromatic nitrogens is 2. The molecule has 0 saturated heterocycles. The first-order valence-corrected chi connectivity index (χ1v) is 10.3. The molecule has 0 aliphatic rings. The molecule has 0 unspecified atom stereocenters. The fraction of sp³-hybridized carbons (Fsp3) is 0.0714. The molecule has 2 heterocycles. The summed E-state index contributed by atoms with van der Waals surface area (Å²) in [4.78, 5) is 9.29. The highest BCUT2D eigenvalue weighted by molar-refractivity contribution is 6.28. The van der Waals surface area contributed by atoms with Gasteiger partial charge in [0.15, 0.2) is 0 Å². The van der Waals surface area contributed by atoms with Crippen LogP contribution in [-0.4, -0.2) is 9.97 Å². The van der Waals surface area contributed by atoms with Crippen LogP contribution in [0.25, 0.3) is 54.8 Å². The molecule has 0 bridgehead atoms. The van der Waals surface area contributed by atoms with Crippen molar-refractivity contribution in [2.75, 3.05) is 0 Å². The Morgan fingerprint density at radius 2 is 0.933 bits per heavy atom. The first kappa shape index (κ1) is 17.1. The molecule has 2 aromatic heterocycles. The van der Waals surface area contributed by atoms with Gasteiger partial charge in [-0.05, 0) is 93.7 Å². The van der Waals surface area contributed by atoms with E-state index in [-0.39, 0.29) is 0 Å². The predicted octanol–water partition coefficient (Wildman–Crippen LogP) is 7.32. The standard InChI is InChI=1S/C28H20N2/c1-17-15-23(25-7-3-5-13-29-25)21-11-12-22-24(26-8-4-6-14-30-26)16-18(2)20-10-9-19(17)27(21)28(20)22/h3-16H,1-2H3. The molecule has 0 N–H and O–H groups in total. The summed E-state index contributed by atoms with van der Waals surface area (Å²) in [7, 11) is 0. The highest BCUT2D eigenvalue weighted by Gasteiger charge is 2.18. The van der Waals surface area contributed by atoms with Crippen LogP contribution in [0.5, 0.6) is 0 Å². The van der Waals surface area contributed by atoms with Crippen molar-refractivity contribution < 1.29 is 0 Å². The number of aryl methyl sites for hydroxylation is 2. The molecule has 0 amide bonds. The molecule has 142 valence electrons. The summed E-state index contributed by atoms with van der Waals surface area (Å²) in [5, 5.41) is 7.77. The lowest BCUT2D eigenvalue weighted by molar-refractivity contribution is 1.33. The summed E-state index contributed by atoms with van der Waals surface area (Å²) < 4.78 is 0. The lowest BCUT2D eigenvalue weighted by Gasteiger charge is -2.19. The minimum absolute atomic E-state index is 1.01. The fourth-order valence-corrected chi connectivity index (χ4v) is 4.81. The van der Waals surface area contributed by atoms with Crippen molar-refractivity contribution in [2.24, 2.45) is 0 Å². The van der Waals surface area contributed by atoms with Crippen LogP contribution < -0.4 is 0 Å². The quantitative estimate of drug-likeness (QED) is 0.292. The number of nitrogens with zero attached hydrogens (tertiary/aromatic N) is 2. The van der Waals surface area contributed by atoms with Crippen molar-refractivity contribution in [3.63, 3.8) is 0 Å². The van der Waals surface area contributed by atoms with Crippen LogP contribution in [0.2, 0.25) is 0 Å². The molecular formula is C28H20N2. The maximum atomic E-state index is 4.65. The number of pyridine rings is 2. The summed E-state index contributed by atoms with van der Waals surface area (Å²) >= 11 is 0. The van der Waals surface area contributed by atoms with Crippen molar-refractivity contribution >= 4 is 32.3 Å². The zero-order valence-corrected chi connectivity index (χ0v) is 17.0. The fourth-order valence-electron chi connectivity index (χ4n) is 4.81. The van der Waals surface area contributed by atoms with Crippen LogP contribution in [0.1, 0.15) is 11.1 Å². The van der Waals surface area contributed by atoms with Crippen LogP contribution >= 0.6 is 0 Å². The smallest absolute Gasteiger partial charge is 0.0708 e. The summed E-state index contributed by atoms with van der Waals surface area (Å²) in [5.74, 6) is 0. The third-order valence-corrected chi connectivity index (χ3v) is 6.19. The van der Waals surface area contributed by atoms with Crippen molar-refractivity contribution in [3.8, 4) is 22.5 Å². The van der Waals surface area contributed by atoms with Gasteiger partial charge >= 0.3 is 0 Å². The topological polar surface area (TPSA) is 25.8 Å². The Bertz CT molecular complexity index is 1420. The van der Waals surface area contributed by atoms with E-state index in [1.165, 1.54) is 54.6 Å². The Hall–Kier alpha value is -3.78. The average Bonchev–Trinajstić information content (AvgIpc) is 2.80. The minimum atomic E-state index is 1.01. The molecule has 2 heteroatoms. The molecule has 0 fully saturated rings. The van der Waals surface area contributed by atoms with Gasteiger partial charge in [0, 0.05) is 23.5 Å². The number of hydrogen-bond donors (Lipinski definition) is 0. The van der Waals surface area contributed by atoms with Gasteiger partial charge in [0.1, 0.15) is 0 Å². The zero-order chi connectivity index (χ0) is 20.2. The Balaban J connectivity index is 1.83. The third kappa shape index (κ3) is 2.37. The maximum Gasteiger partial charge on any atom is 0.0708 e. The van der Waals surface area contributed by atoms with E-state index < -0.39 is 0 Å². The van der Waals surface area contributed by atoms with Crippen LogP contribution in [0.3, 0.4) is 0 Å². The first-order valence-electron chi connectivity index (χ1n) is 10.3. The van der Waals surface area contributed by atoms with E-state index in [9.17, 15) is 0 Å². The van der Waals surface area contributed by atoms with E-state index in [2.05, 4.69) is 84.5 Å². The van der Waals surface area contributed by atoms with Crippen molar-refractivity contribution in [1.29, 1.82) is 0 Å². The summed E-state index contributed by atoms with van der Waals surface area (Å²) in [6, 6.07) is 25.8. The van der Waals surface area contributed by atoms with Crippen molar-refractivity contribution in [3.05, 3.63) is 96.3 Å². The molecule has 2 nitrogen and oxygen atoms in total. The lowest BCUT2D eigenvalue weighted by Crippen LogP contribution is -1.94. The van der Waals surface area contributed by atoms with Gasteiger partial charge in [-0.25, -0.2) is 0 Å². The van der Waals surface area contributed by atoms with E-state index >= 15 is 0 Å². The average molecular weight is 384 g/mol. The molecule has 6 rings (SSSR count). The molecule has 4 aromatic carbocycles. The molecule has 6 aromatic rings. The number of benzene rings is 4. The molecular weight excluding hydrogens is 364 g/mol. The summed E-state index contributed by atoms with van der Waals surface area (Å²) in [5.41, 5.74) is 6.96. The third-order valence-electron chi connectivity index (χ3n) is 6.19. The van der Waals surface area contributed by atoms with Gasteiger partial charge in [-0.3, -0.25) is 9.97 Å². The van der Waals surface area contributed by atoms with Crippen LogP contribution in [0, 0.1) is 13.8 Å². The second-order valence-corrected chi connectivity index (χ2v) is 7.98. The second-order valence-electron chi connectivity index (χ2n) is 7.98. The Morgan fingerprint density at radius 1 is 0.500 bits per heavy atom. The molecule has 0 saturated carbocycles. The van der Waals surface area contributed by atoms with Gasteiger partial charge < -0.3 is 0 Å². The van der Waals surface area contributed by atoms with Gasteiger partial charge in [0.2, 0.25) is 0 Å². The number of hydrogen-bond acceptors (Lipinski definition) is 2. The summed E-state index contributed by atoms with van der Waals surface area (Å²) in [6.07, 6.45) is 3.73. The van der Waals surface area contributed by atoms with E-state index in [1.54, 1.807) is 0 Å². The van der Waals surface area contributed by atoms with Crippen LogP contribution in [0.4, 0.5) is 0 Å². The van der Waals surface area contributed by atoms with E-state index in [1.807, 2.05) is 24.5 Å². The first-order chi connectivity index (χ1) is 14.7. The lowest BCUT2D eigenvalue weighted by atomic mass is 9.85. The van der Waals surface area contributed by atoms with Gasteiger partial charge in [-0.1, -0.05) is 36.4 Å². The van der Waals surface area contributed by atoms with Crippen LogP contribution in [0.15, 0.2) is 85.2 Å². The summed E-state index contributed by atoms with van der Waals surface area (Å²) in [6.45, 7) is 4.40. The van der Waals surface area contributed by atoms with Crippen molar-refractivity contribution in [2.45, 2.75) is 13.8 Å². The number of rotatable bonds is 2. The monoisotopic (exact) mass is 384 g/mol. The molecule has 0 radical (unpaired) electrons. The molecule has 0 aliphatic carbocycles. The molecule has 30 heavy (non-hydrogen) atoms. The predicted molar refractivity (Wildman–Crippen MR) is 126 cm³/mol. The Labute approximate surface area is 175 Å². The van der Waals surface area contributed by atoms with Gasteiger partial charge in [-0.15, -0.1) is 0 Å². The van der Waals surface area contributed by atoms with E-state index in [0.29, 0.717) is 0 Å².